The first-order chi connectivity index (χ1) is 17.3. The SMILES string of the molecule is Nc1ncccc1-c1nc2cccnc2n1-c1ccc(CN2CCN(c3cnccn3)CC2)cc1. The van der Waals surface area contributed by atoms with Crippen LogP contribution in [0.2, 0.25) is 0 Å². The zero-order chi connectivity index (χ0) is 23.6. The van der Waals surface area contributed by atoms with E-state index in [1.54, 1.807) is 24.8 Å². The van der Waals surface area contributed by atoms with Gasteiger partial charge in [0.25, 0.3) is 0 Å². The van der Waals surface area contributed by atoms with E-state index in [1.165, 1.54) is 5.56 Å². The highest BCUT2D eigenvalue weighted by Crippen LogP contribution is 2.30. The van der Waals surface area contributed by atoms with Crippen LogP contribution in [0.3, 0.4) is 0 Å². The Hall–Kier alpha value is -4.37. The average molecular weight is 464 g/mol. The first-order valence-electron chi connectivity index (χ1n) is 11.6. The Balaban J connectivity index is 1.23. The minimum absolute atomic E-state index is 0.446. The van der Waals surface area contributed by atoms with E-state index < -0.39 is 0 Å². The number of piperazine rings is 1. The van der Waals surface area contributed by atoms with Crippen molar-refractivity contribution in [3.8, 4) is 17.1 Å². The largest absolute Gasteiger partial charge is 0.383 e. The Morgan fingerprint density at radius 1 is 0.800 bits per heavy atom. The molecular weight excluding hydrogens is 438 g/mol. The van der Waals surface area contributed by atoms with Crippen molar-refractivity contribution in [2.75, 3.05) is 36.8 Å². The van der Waals surface area contributed by atoms with Gasteiger partial charge >= 0.3 is 0 Å². The summed E-state index contributed by atoms with van der Waals surface area (Å²) in [5.41, 5.74) is 10.8. The number of fused-ring (bicyclic) bond motifs is 1. The maximum atomic E-state index is 6.20. The van der Waals surface area contributed by atoms with Gasteiger partial charge in [0.1, 0.15) is 17.2 Å². The Labute approximate surface area is 202 Å². The normalized spacial score (nSPS) is 14.5. The molecule has 1 aromatic carbocycles. The van der Waals surface area contributed by atoms with E-state index in [0.717, 1.165) is 66.8 Å². The standard InChI is InChI=1S/C26H25N9/c27-24-21(3-1-9-30-24)25-32-22-4-2-10-31-26(22)35(25)20-7-5-19(6-8-20)18-33-13-15-34(16-14-33)23-17-28-11-12-29-23/h1-12,17H,13-16,18H2,(H2,27,30). The molecule has 174 valence electrons. The van der Waals surface area contributed by atoms with E-state index in [0.29, 0.717) is 5.82 Å². The maximum absolute atomic E-state index is 6.20. The fourth-order valence-corrected chi connectivity index (χ4v) is 4.54. The van der Waals surface area contributed by atoms with Gasteiger partial charge in [0.2, 0.25) is 0 Å². The molecule has 6 rings (SSSR count). The van der Waals surface area contributed by atoms with E-state index >= 15 is 0 Å². The predicted octanol–water partition coefficient (Wildman–Crippen LogP) is 3.18. The summed E-state index contributed by atoms with van der Waals surface area (Å²) in [6.07, 6.45) is 8.76. The molecule has 35 heavy (non-hydrogen) atoms. The van der Waals surface area contributed by atoms with Crippen LogP contribution in [-0.2, 0) is 6.54 Å². The van der Waals surface area contributed by atoms with Crippen LogP contribution in [0.1, 0.15) is 5.56 Å². The number of hydrogen-bond donors (Lipinski definition) is 1. The van der Waals surface area contributed by atoms with Gasteiger partial charge in [-0.05, 0) is 42.0 Å². The minimum atomic E-state index is 0.446. The van der Waals surface area contributed by atoms with E-state index in [9.17, 15) is 0 Å². The molecule has 1 aliphatic rings. The molecule has 1 fully saturated rings. The molecule has 0 saturated carbocycles. The highest BCUT2D eigenvalue weighted by molar-refractivity contribution is 5.82. The zero-order valence-electron chi connectivity index (χ0n) is 19.2. The van der Waals surface area contributed by atoms with Gasteiger partial charge in [-0.3, -0.25) is 14.5 Å². The molecule has 9 heteroatoms. The topological polar surface area (TPSA) is 102 Å². The van der Waals surface area contributed by atoms with Crippen molar-refractivity contribution in [3.05, 3.63) is 85.1 Å². The third kappa shape index (κ3) is 4.17. The molecule has 1 saturated heterocycles. The average Bonchev–Trinajstić information content (AvgIpc) is 3.30. The molecule has 0 unspecified atom stereocenters. The van der Waals surface area contributed by atoms with Crippen molar-refractivity contribution < 1.29 is 0 Å². The molecule has 0 bridgehead atoms. The number of nitrogens with zero attached hydrogens (tertiary/aromatic N) is 8. The van der Waals surface area contributed by atoms with Crippen molar-refractivity contribution in [2.45, 2.75) is 6.54 Å². The van der Waals surface area contributed by atoms with E-state index in [1.807, 2.05) is 35.0 Å². The number of anilines is 2. The number of aromatic nitrogens is 6. The summed E-state index contributed by atoms with van der Waals surface area (Å²) in [6, 6.07) is 16.3. The fraction of sp³-hybridized carbons (Fsp3) is 0.192. The van der Waals surface area contributed by atoms with E-state index in [-0.39, 0.29) is 0 Å². The van der Waals surface area contributed by atoms with Crippen LogP contribution in [0, 0.1) is 0 Å². The first-order valence-corrected chi connectivity index (χ1v) is 11.6. The second-order valence-corrected chi connectivity index (χ2v) is 8.55. The number of rotatable bonds is 5. The van der Waals surface area contributed by atoms with Gasteiger partial charge in [-0.25, -0.2) is 19.9 Å². The van der Waals surface area contributed by atoms with Gasteiger partial charge in [-0.1, -0.05) is 12.1 Å². The van der Waals surface area contributed by atoms with Gasteiger partial charge in [0.15, 0.2) is 11.5 Å². The lowest BCUT2D eigenvalue weighted by Crippen LogP contribution is -2.46. The molecule has 2 N–H and O–H groups in total. The van der Waals surface area contributed by atoms with Crippen molar-refractivity contribution in [3.63, 3.8) is 0 Å². The summed E-state index contributed by atoms with van der Waals surface area (Å²) in [6.45, 7) is 4.76. The molecule has 0 amide bonds. The summed E-state index contributed by atoms with van der Waals surface area (Å²) in [5, 5.41) is 0. The van der Waals surface area contributed by atoms with Gasteiger partial charge in [0.05, 0.1) is 11.8 Å². The van der Waals surface area contributed by atoms with Crippen LogP contribution in [0.5, 0.6) is 0 Å². The Morgan fingerprint density at radius 3 is 2.37 bits per heavy atom. The molecule has 4 aromatic heterocycles. The van der Waals surface area contributed by atoms with Crippen molar-refractivity contribution in [1.82, 2.24) is 34.4 Å². The third-order valence-electron chi connectivity index (χ3n) is 6.34. The van der Waals surface area contributed by atoms with Crippen molar-refractivity contribution in [2.24, 2.45) is 0 Å². The van der Waals surface area contributed by atoms with Crippen LogP contribution >= 0.6 is 0 Å². The summed E-state index contributed by atoms with van der Waals surface area (Å²) in [4.78, 5) is 27.0. The molecule has 0 atom stereocenters. The second-order valence-electron chi connectivity index (χ2n) is 8.55. The number of nitrogen functional groups attached to an aromatic ring is 1. The lowest BCUT2D eigenvalue weighted by molar-refractivity contribution is 0.249. The summed E-state index contributed by atoms with van der Waals surface area (Å²) < 4.78 is 2.05. The fourth-order valence-electron chi connectivity index (χ4n) is 4.54. The van der Waals surface area contributed by atoms with Crippen LogP contribution in [0.25, 0.3) is 28.2 Å². The van der Waals surface area contributed by atoms with Crippen molar-refractivity contribution in [1.29, 1.82) is 0 Å². The molecule has 0 aliphatic carbocycles. The number of hydrogen-bond acceptors (Lipinski definition) is 8. The number of imidazole rings is 1. The quantitative estimate of drug-likeness (QED) is 0.424. The maximum Gasteiger partial charge on any atom is 0.164 e. The van der Waals surface area contributed by atoms with Gasteiger partial charge in [0, 0.05) is 63.2 Å². The molecule has 5 heterocycles. The van der Waals surface area contributed by atoms with E-state index in [2.05, 4.69) is 54.0 Å². The molecule has 0 spiro atoms. The lowest BCUT2D eigenvalue weighted by atomic mass is 10.1. The van der Waals surface area contributed by atoms with E-state index in [4.69, 9.17) is 10.7 Å². The van der Waals surface area contributed by atoms with Gasteiger partial charge < -0.3 is 10.6 Å². The predicted molar refractivity (Wildman–Crippen MR) is 136 cm³/mol. The number of pyridine rings is 2. The molecule has 1 aliphatic heterocycles. The van der Waals surface area contributed by atoms with Crippen molar-refractivity contribution >= 4 is 22.8 Å². The highest BCUT2D eigenvalue weighted by atomic mass is 15.3. The van der Waals surface area contributed by atoms with Crippen LogP contribution < -0.4 is 10.6 Å². The molecular formula is C26H25N9. The van der Waals surface area contributed by atoms with Gasteiger partial charge in [-0.15, -0.1) is 0 Å². The Bertz CT molecular complexity index is 1440. The zero-order valence-corrected chi connectivity index (χ0v) is 19.2. The lowest BCUT2D eigenvalue weighted by Gasteiger charge is -2.35. The number of benzene rings is 1. The monoisotopic (exact) mass is 463 g/mol. The number of nitrogens with two attached hydrogens (primary N) is 1. The summed E-state index contributed by atoms with van der Waals surface area (Å²) >= 11 is 0. The third-order valence-corrected chi connectivity index (χ3v) is 6.34. The Kier molecular flexibility index (Phi) is 5.51. The van der Waals surface area contributed by atoms with Crippen LogP contribution in [0.4, 0.5) is 11.6 Å². The molecule has 5 aromatic rings. The van der Waals surface area contributed by atoms with Crippen LogP contribution in [-0.4, -0.2) is 60.6 Å². The summed E-state index contributed by atoms with van der Waals surface area (Å²) in [7, 11) is 0. The second kappa shape index (κ2) is 9.11. The first kappa shape index (κ1) is 21.2. The van der Waals surface area contributed by atoms with Gasteiger partial charge in [-0.2, -0.15) is 0 Å². The van der Waals surface area contributed by atoms with Crippen LogP contribution in [0.15, 0.2) is 79.5 Å². The highest BCUT2D eigenvalue weighted by Gasteiger charge is 2.19. The molecule has 0 radical (unpaired) electrons. The minimum Gasteiger partial charge on any atom is -0.383 e. The molecule has 9 nitrogen and oxygen atoms in total. The summed E-state index contributed by atoms with van der Waals surface area (Å²) in [5.74, 6) is 2.13. The smallest absolute Gasteiger partial charge is 0.164 e. The Morgan fingerprint density at radius 2 is 1.60 bits per heavy atom.